The van der Waals surface area contributed by atoms with E-state index < -0.39 is 6.43 Å². The molecule has 72 valence electrons. The van der Waals surface area contributed by atoms with Gasteiger partial charge in [0.2, 0.25) is 0 Å². The normalized spacial score (nSPS) is 10.9. The van der Waals surface area contributed by atoms with Crippen molar-refractivity contribution in [2.75, 3.05) is 0 Å². The van der Waals surface area contributed by atoms with Crippen LogP contribution in [0.2, 0.25) is 0 Å². The maximum Gasteiger partial charge on any atom is 0.280 e. The number of hydrogen-bond donors (Lipinski definition) is 1. The van der Waals surface area contributed by atoms with E-state index in [2.05, 4.69) is 4.98 Å². The van der Waals surface area contributed by atoms with Gasteiger partial charge < -0.3 is 5.73 Å². The predicted molar refractivity (Wildman–Crippen MR) is 62.5 cm³/mol. The topological polar surface area (TPSA) is 38.9 Å². The molecule has 1 rings (SSSR count). The monoisotopic (exact) mass is 410 g/mol. The molecule has 0 saturated heterocycles. The molecule has 2 nitrogen and oxygen atoms in total. The Balaban J connectivity index is 3.25. The zero-order valence-corrected chi connectivity index (χ0v) is 10.7. The minimum Gasteiger partial charge on any atom is -0.326 e. The summed E-state index contributed by atoms with van der Waals surface area (Å²) in [6.07, 6.45) is -2.55. The first-order valence-corrected chi connectivity index (χ1v) is 5.55. The number of hydrogen-bond acceptors (Lipinski definition) is 2. The Bertz CT molecular complexity index is 318. The van der Waals surface area contributed by atoms with E-state index in [-0.39, 0.29) is 12.2 Å². The molecule has 0 aromatic carbocycles. The van der Waals surface area contributed by atoms with Gasteiger partial charge in [0.25, 0.3) is 6.43 Å². The second kappa shape index (κ2) is 4.78. The largest absolute Gasteiger partial charge is 0.326 e. The van der Waals surface area contributed by atoms with Crippen molar-refractivity contribution in [2.45, 2.75) is 13.0 Å². The molecule has 1 aromatic rings. The van der Waals surface area contributed by atoms with Crippen molar-refractivity contribution in [3.05, 3.63) is 24.6 Å². The molecular weight excluding hydrogens is 404 g/mol. The number of pyridine rings is 1. The van der Waals surface area contributed by atoms with Gasteiger partial charge in [-0.15, -0.1) is 0 Å². The van der Waals surface area contributed by atoms with Crippen LogP contribution in [0.1, 0.15) is 17.7 Å². The van der Waals surface area contributed by atoms with Crippen molar-refractivity contribution < 1.29 is 8.78 Å². The maximum absolute atomic E-state index is 12.4. The molecule has 6 heteroatoms. The molecule has 13 heavy (non-hydrogen) atoms. The Kier molecular flexibility index (Phi) is 4.23. The van der Waals surface area contributed by atoms with Crippen molar-refractivity contribution in [3.63, 3.8) is 0 Å². The Morgan fingerprint density at radius 2 is 2.08 bits per heavy atom. The Labute approximate surface area is 102 Å². The number of nitrogens with zero attached hydrogens (tertiary/aromatic N) is 1. The van der Waals surface area contributed by atoms with Crippen LogP contribution in [0.3, 0.4) is 0 Å². The molecule has 2 N–H and O–H groups in total. The average Bonchev–Trinajstić information content (AvgIpc) is 2.08. The van der Waals surface area contributed by atoms with Crippen molar-refractivity contribution in [1.29, 1.82) is 0 Å². The van der Waals surface area contributed by atoms with Crippen molar-refractivity contribution in [2.24, 2.45) is 5.73 Å². The van der Waals surface area contributed by atoms with Gasteiger partial charge in [0.15, 0.2) is 0 Å². The van der Waals surface area contributed by atoms with Crippen molar-refractivity contribution >= 4 is 45.2 Å². The van der Waals surface area contributed by atoms with Crippen LogP contribution >= 0.6 is 45.2 Å². The van der Waals surface area contributed by atoms with Gasteiger partial charge in [-0.25, -0.2) is 13.8 Å². The van der Waals surface area contributed by atoms with Crippen LogP contribution in [-0.2, 0) is 6.54 Å². The van der Waals surface area contributed by atoms with Gasteiger partial charge in [0.05, 0.1) is 0 Å². The first-order chi connectivity index (χ1) is 6.06. The average molecular weight is 410 g/mol. The number of halogens is 4. The van der Waals surface area contributed by atoms with E-state index in [1.54, 1.807) is 6.07 Å². The van der Waals surface area contributed by atoms with Crippen LogP contribution in [0, 0.1) is 7.27 Å². The van der Waals surface area contributed by atoms with Crippen LogP contribution in [0.5, 0.6) is 0 Å². The van der Waals surface area contributed by atoms with Gasteiger partial charge in [0.1, 0.15) is 9.39 Å². The summed E-state index contributed by atoms with van der Waals surface area (Å²) >= 11 is 3.97. The molecule has 0 atom stereocenters. The number of rotatable bonds is 2. The molecule has 0 aliphatic carbocycles. The highest BCUT2D eigenvalue weighted by molar-refractivity contribution is 14.1. The van der Waals surface area contributed by atoms with Crippen LogP contribution < -0.4 is 5.73 Å². The molecule has 0 aliphatic heterocycles. The van der Waals surface area contributed by atoms with Gasteiger partial charge in [-0.05, 0) is 56.8 Å². The Morgan fingerprint density at radius 1 is 1.46 bits per heavy atom. The lowest BCUT2D eigenvalue weighted by Gasteiger charge is -2.07. The van der Waals surface area contributed by atoms with Crippen LogP contribution in [0.4, 0.5) is 8.78 Å². The molecule has 0 spiro atoms. The summed E-state index contributed by atoms with van der Waals surface area (Å²) in [6.45, 7) is 0.0968. The zero-order chi connectivity index (χ0) is 10.0. The van der Waals surface area contributed by atoms with E-state index in [1.807, 2.05) is 45.2 Å². The molecule has 1 heterocycles. The van der Waals surface area contributed by atoms with E-state index in [0.717, 1.165) is 3.57 Å². The van der Waals surface area contributed by atoms with E-state index >= 15 is 0 Å². The third-order valence-electron chi connectivity index (χ3n) is 1.47. The summed E-state index contributed by atoms with van der Waals surface area (Å²) in [4.78, 5) is 3.79. The fourth-order valence-corrected chi connectivity index (χ4v) is 1.78. The quantitative estimate of drug-likeness (QED) is 0.602. The maximum atomic E-state index is 12.4. The highest BCUT2D eigenvalue weighted by Crippen LogP contribution is 2.24. The summed E-state index contributed by atoms with van der Waals surface area (Å²) in [5, 5.41) is 0. The standard InChI is InChI=1S/C7H6F2I2N2/c8-6(9)5-3(2-12)1-4(10)7(11)13-5/h1,6H,2,12H2. The molecule has 1 aromatic heterocycles. The fraction of sp³-hybridized carbons (Fsp3) is 0.286. The molecule has 0 bridgehead atoms. The predicted octanol–water partition coefficient (Wildman–Crippen LogP) is 2.69. The summed E-state index contributed by atoms with van der Waals surface area (Å²) < 4.78 is 26.2. The lowest BCUT2D eigenvalue weighted by Crippen LogP contribution is -2.06. The Morgan fingerprint density at radius 3 is 2.54 bits per heavy atom. The second-order valence-corrected chi connectivity index (χ2v) is 4.49. The Hall–Kier alpha value is 0.430. The SMILES string of the molecule is NCc1cc(I)c(I)nc1C(F)F. The van der Waals surface area contributed by atoms with Gasteiger partial charge in [-0.1, -0.05) is 0 Å². The first-order valence-electron chi connectivity index (χ1n) is 3.39. The lowest BCUT2D eigenvalue weighted by atomic mass is 10.2. The minimum atomic E-state index is -2.55. The highest BCUT2D eigenvalue weighted by atomic mass is 127. The van der Waals surface area contributed by atoms with E-state index in [9.17, 15) is 8.78 Å². The van der Waals surface area contributed by atoms with Crippen molar-refractivity contribution in [3.8, 4) is 0 Å². The van der Waals surface area contributed by atoms with Gasteiger partial charge in [-0.3, -0.25) is 0 Å². The molecule has 0 aliphatic rings. The fourth-order valence-electron chi connectivity index (χ4n) is 0.870. The zero-order valence-electron chi connectivity index (χ0n) is 6.40. The first kappa shape index (κ1) is 11.5. The van der Waals surface area contributed by atoms with Crippen LogP contribution in [-0.4, -0.2) is 4.98 Å². The van der Waals surface area contributed by atoms with Crippen molar-refractivity contribution in [1.82, 2.24) is 4.98 Å². The summed E-state index contributed by atoms with van der Waals surface area (Å²) in [5.41, 5.74) is 5.54. The lowest BCUT2D eigenvalue weighted by molar-refractivity contribution is 0.144. The summed E-state index contributed by atoms with van der Waals surface area (Å²) in [5.74, 6) is 0. The third kappa shape index (κ3) is 2.69. The summed E-state index contributed by atoms with van der Waals surface area (Å²) in [6, 6.07) is 1.65. The molecular formula is C7H6F2I2N2. The molecule has 0 amide bonds. The van der Waals surface area contributed by atoms with E-state index in [1.165, 1.54) is 0 Å². The number of nitrogens with two attached hydrogens (primary N) is 1. The van der Waals surface area contributed by atoms with E-state index in [0.29, 0.717) is 9.26 Å². The smallest absolute Gasteiger partial charge is 0.280 e. The van der Waals surface area contributed by atoms with Gasteiger partial charge >= 0.3 is 0 Å². The van der Waals surface area contributed by atoms with Gasteiger partial charge in [-0.2, -0.15) is 0 Å². The minimum absolute atomic E-state index is 0.0968. The van der Waals surface area contributed by atoms with Gasteiger partial charge in [0, 0.05) is 10.1 Å². The molecule has 0 radical (unpaired) electrons. The second-order valence-electron chi connectivity index (χ2n) is 2.31. The highest BCUT2D eigenvalue weighted by Gasteiger charge is 2.15. The number of alkyl halides is 2. The molecule has 0 unspecified atom stereocenters. The molecule has 0 saturated carbocycles. The van der Waals surface area contributed by atoms with Crippen LogP contribution in [0.15, 0.2) is 6.07 Å². The molecule has 0 fully saturated rings. The third-order valence-corrected chi connectivity index (χ3v) is 4.15. The summed E-state index contributed by atoms with van der Waals surface area (Å²) in [7, 11) is 0. The number of aromatic nitrogens is 1. The van der Waals surface area contributed by atoms with Crippen LogP contribution in [0.25, 0.3) is 0 Å². The van der Waals surface area contributed by atoms with E-state index in [4.69, 9.17) is 5.73 Å².